The first-order valence-corrected chi connectivity index (χ1v) is 10.4. The van der Waals surface area contributed by atoms with Gasteiger partial charge in [0.2, 0.25) is 0 Å². The van der Waals surface area contributed by atoms with Crippen molar-refractivity contribution >= 4 is 6.21 Å². The fourth-order valence-corrected chi connectivity index (χ4v) is 3.28. The van der Waals surface area contributed by atoms with Crippen molar-refractivity contribution in [1.82, 2.24) is 0 Å². The molecule has 0 heterocycles. The van der Waals surface area contributed by atoms with Crippen molar-refractivity contribution in [3.05, 3.63) is 59.8 Å². The number of allylic oxidation sites excluding steroid dienone is 1. The highest BCUT2D eigenvalue weighted by atomic mass is 16.5. The van der Waals surface area contributed by atoms with Gasteiger partial charge in [-0.05, 0) is 24.5 Å². The summed E-state index contributed by atoms with van der Waals surface area (Å²) in [7, 11) is 0. The molecule has 0 saturated heterocycles. The molecule has 1 aliphatic rings. The molecule has 1 aromatic rings. The number of hydrogen-bond donors (Lipinski definition) is 0. The van der Waals surface area contributed by atoms with Crippen LogP contribution in [0.2, 0.25) is 0 Å². The molecule has 1 unspecified atom stereocenters. The van der Waals surface area contributed by atoms with Crippen LogP contribution in [0.3, 0.4) is 0 Å². The average Bonchev–Trinajstić information content (AvgIpc) is 2.69. The lowest BCUT2D eigenvalue weighted by Crippen LogP contribution is -2.31. The van der Waals surface area contributed by atoms with Gasteiger partial charge in [0.15, 0.2) is 0 Å². The summed E-state index contributed by atoms with van der Waals surface area (Å²) in [6, 6.07) is 10.3. The molecule has 0 saturated carbocycles. The van der Waals surface area contributed by atoms with Crippen LogP contribution < -0.4 is 0 Å². The number of unbranched alkanes of at least 4 members (excludes halogenated alkanes) is 5. The zero-order valence-corrected chi connectivity index (χ0v) is 16.6. The van der Waals surface area contributed by atoms with Gasteiger partial charge in [0.05, 0.1) is 11.3 Å². The van der Waals surface area contributed by atoms with Gasteiger partial charge in [-0.15, -0.1) is 0 Å². The maximum Gasteiger partial charge on any atom is 0.0901 e. The zero-order chi connectivity index (χ0) is 18.5. The third kappa shape index (κ3) is 7.29. The second kappa shape index (κ2) is 11.9. The van der Waals surface area contributed by atoms with Gasteiger partial charge in [-0.1, -0.05) is 94.9 Å². The van der Waals surface area contributed by atoms with Crippen LogP contribution in [0, 0.1) is 0 Å². The Morgan fingerprint density at radius 1 is 1.00 bits per heavy atom. The Morgan fingerprint density at radius 3 is 2.46 bits per heavy atom. The molecular formula is C24H35NO. The number of rotatable bonds is 12. The molecule has 0 bridgehead atoms. The fourth-order valence-electron chi connectivity index (χ4n) is 3.28. The highest BCUT2D eigenvalue weighted by Crippen LogP contribution is 2.31. The van der Waals surface area contributed by atoms with Crippen molar-refractivity contribution in [2.75, 3.05) is 6.61 Å². The third-order valence-corrected chi connectivity index (χ3v) is 4.97. The van der Waals surface area contributed by atoms with Gasteiger partial charge in [0.25, 0.3) is 0 Å². The van der Waals surface area contributed by atoms with Crippen molar-refractivity contribution in [1.29, 1.82) is 0 Å². The van der Waals surface area contributed by atoms with Gasteiger partial charge in [-0.2, -0.15) is 0 Å². The summed E-state index contributed by atoms with van der Waals surface area (Å²) in [5, 5.41) is 0. The predicted molar refractivity (Wildman–Crippen MR) is 113 cm³/mol. The lowest BCUT2D eigenvalue weighted by Gasteiger charge is -2.32. The highest BCUT2D eigenvalue weighted by molar-refractivity contribution is 5.80. The van der Waals surface area contributed by atoms with E-state index in [4.69, 9.17) is 4.74 Å². The van der Waals surface area contributed by atoms with Crippen molar-refractivity contribution in [2.24, 2.45) is 4.99 Å². The predicted octanol–water partition coefficient (Wildman–Crippen LogP) is 6.87. The second-order valence-electron chi connectivity index (χ2n) is 7.27. The molecule has 0 amide bonds. The second-order valence-corrected chi connectivity index (χ2v) is 7.27. The Kier molecular flexibility index (Phi) is 9.41. The molecule has 1 atom stereocenters. The Bertz CT molecular complexity index is 573. The smallest absolute Gasteiger partial charge is 0.0901 e. The van der Waals surface area contributed by atoms with Gasteiger partial charge >= 0.3 is 0 Å². The van der Waals surface area contributed by atoms with E-state index in [1.54, 1.807) is 0 Å². The molecule has 0 aromatic heterocycles. The monoisotopic (exact) mass is 353 g/mol. The minimum absolute atomic E-state index is 0.118. The molecule has 0 fully saturated rings. The lowest BCUT2D eigenvalue weighted by atomic mass is 9.88. The van der Waals surface area contributed by atoms with Crippen LogP contribution >= 0.6 is 0 Å². The minimum atomic E-state index is -0.118. The van der Waals surface area contributed by atoms with E-state index >= 15 is 0 Å². The maximum atomic E-state index is 6.38. The van der Waals surface area contributed by atoms with E-state index in [0.29, 0.717) is 0 Å². The van der Waals surface area contributed by atoms with Gasteiger partial charge < -0.3 is 4.74 Å². The Labute approximate surface area is 160 Å². The molecule has 142 valence electrons. The van der Waals surface area contributed by atoms with Crippen molar-refractivity contribution in [3.63, 3.8) is 0 Å². The Balaban J connectivity index is 1.93. The first-order valence-electron chi connectivity index (χ1n) is 10.4. The molecular weight excluding hydrogens is 318 g/mol. The number of nitrogens with zero attached hydrogens (tertiary/aromatic N) is 1. The summed E-state index contributed by atoms with van der Waals surface area (Å²) in [5.41, 5.74) is 2.05. The number of ether oxygens (including phenoxy) is 1. The van der Waals surface area contributed by atoms with Gasteiger partial charge in [0.1, 0.15) is 0 Å². The van der Waals surface area contributed by atoms with E-state index in [1.807, 2.05) is 24.4 Å². The summed E-state index contributed by atoms with van der Waals surface area (Å²) in [6.45, 7) is 5.36. The molecule has 0 spiro atoms. The average molecular weight is 354 g/mol. The van der Waals surface area contributed by atoms with Crippen LogP contribution in [0.25, 0.3) is 0 Å². The van der Waals surface area contributed by atoms with E-state index in [9.17, 15) is 0 Å². The van der Waals surface area contributed by atoms with Gasteiger partial charge in [-0.25, -0.2) is 0 Å². The fraction of sp³-hybridized carbons (Fsp3) is 0.542. The van der Waals surface area contributed by atoms with Crippen LogP contribution in [-0.4, -0.2) is 18.4 Å². The minimum Gasteiger partial charge on any atom is -0.371 e. The SMILES string of the molecule is CCCCCCC1(OCCCCC)C=CC(N=Cc2ccccc2)=CC1. The van der Waals surface area contributed by atoms with E-state index in [2.05, 4.69) is 49.2 Å². The first-order chi connectivity index (χ1) is 12.8. The summed E-state index contributed by atoms with van der Waals surface area (Å²) < 4.78 is 6.38. The number of benzene rings is 1. The quantitative estimate of drug-likeness (QED) is 0.297. The van der Waals surface area contributed by atoms with Crippen LogP contribution in [0.4, 0.5) is 0 Å². The van der Waals surface area contributed by atoms with Gasteiger partial charge in [-0.3, -0.25) is 4.99 Å². The normalized spacial score (nSPS) is 19.8. The van der Waals surface area contributed by atoms with E-state index in [-0.39, 0.29) is 5.60 Å². The molecule has 26 heavy (non-hydrogen) atoms. The van der Waals surface area contributed by atoms with E-state index in [1.165, 1.54) is 38.5 Å². The molecule has 2 nitrogen and oxygen atoms in total. The Hall–Kier alpha value is -1.67. The van der Waals surface area contributed by atoms with Crippen LogP contribution in [0.1, 0.15) is 77.2 Å². The maximum absolute atomic E-state index is 6.38. The van der Waals surface area contributed by atoms with E-state index in [0.717, 1.165) is 37.1 Å². The van der Waals surface area contributed by atoms with E-state index < -0.39 is 0 Å². The van der Waals surface area contributed by atoms with Crippen LogP contribution in [0.5, 0.6) is 0 Å². The van der Waals surface area contributed by atoms with Crippen LogP contribution in [0.15, 0.2) is 59.2 Å². The molecule has 1 aromatic carbocycles. The number of hydrogen-bond acceptors (Lipinski definition) is 2. The van der Waals surface area contributed by atoms with Crippen molar-refractivity contribution < 1.29 is 4.74 Å². The topological polar surface area (TPSA) is 21.6 Å². The lowest BCUT2D eigenvalue weighted by molar-refractivity contribution is -0.0168. The summed E-state index contributed by atoms with van der Waals surface area (Å²) >= 11 is 0. The summed E-state index contributed by atoms with van der Waals surface area (Å²) in [5.74, 6) is 0. The zero-order valence-electron chi connectivity index (χ0n) is 16.6. The van der Waals surface area contributed by atoms with Crippen molar-refractivity contribution in [3.8, 4) is 0 Å². The standard InChI is InChI=1S/C24H35NO/c1-3-5-7-11-17-24(26-20-12-6-4-2)18-15-23(16-19-24)25-21-22-13-9-8-10-14-22/h8-10,13-16,18,21H,3-7,11-12,17,19-20H2,1-2H3. The number of aliphatic imine (C=N–C) groups is 1. The molecule has 1 aliphatic carbocycles. The molecule has 2 heteroatoms. The summed E-state index contributed by atoms with van der Waals surface area (Å²) in [6.07, 6.45) is 19.4. The largest absolute Gasteiger partial charge is 0.371 e. The highest BCUT2D eigenvalue weighted by Gasteiger charge is 2.28. The molecule has 0 aliphatic heterocycles. The third-order valence-electron chi connectivity index (χ3n) is 4.97. The van der Waals surface area contributed by atoms with Crippen LogP contribution in [-0.2, 0) is 4.74 Å². The van der Waals surface area contributed by atoms with Gasteiger partial charge in [0, 0.05) is 19.2 Å². The summed E-state index contributed by atoms with van der Waals surface area (Å²) in [4.78, 5) is 4.63. The Morgan fingerprint density at radius 2 is 1.77 bits per heavy atom. The first kappa shape index (κ1) is 20.6. The molecule has 0 N–H and O–H groups in total. The molecule has 0 radical (unpaired) electrons. The van der Waals surface area contributed by atoms with Crippen molar-refractivity contribution in [2.45, 2.75) is 77.2 Å². The molecule has 2 rings (SSSR count).